The van der Waals surface area contributed by atoms with E-state index >= 15 is 0 Å². The molecule has 0 saturated carbocycles. The van der Waals surface area contributed by atoms with Crippen LogP contribution in [0.4, 0.5) is 4.39 Å². The third kappa shape index (κ3) is 2.82. The van der Waals surface area contributed by atoms with E-state index in [1.54, 1.807) is 39.0 Å². The van der Waals surface area contributed by atoms with Gasteiger partial charge in [-0.05, 0) is 26.8 Å². The molecule has 1 aliphatic rings. The first-order valence-corrected chi connectivity index (χ1v) is 5.51. The molecule has 92 valence electrons. The van der Waals surface area contributed by atoms with Crippen molar-refractivity contribution in [3.63, 3.8) is 0 Å². The zero-order valence-corrected chi connectivity index (χ0v) is 10.1. The van der Waals surface area contributed by atoms with Crippen LogP contribution < -0.4 is 0 Å². The lowest BCUT2D eigenvalue weighted by atomic mass is 10.1. The van der Waals surface area contributed by atoms with Crippen molar-refractivity contribution in [2.24, 2.45) is 0 Å². The summed E-state index contributed by atoms with van der Waals surface area (Å²) < 4.78 is 23.8. The van der Waals surface area contributed by atoms with Gasteiger partial charge in [0.05, 0.1) is 0 Å². The van der Waals surface area contributed by atoms with Crippen LogP contribution in [0.3, 0.4) is 0 Å². The number of carbonyl (C=O) groups is 1. The van der Waals surface area contributed by atoms with Crippen LogP contribution in [-0.2, 0) is 14.3 Å². The number of benzene rings is 1. The van der Waals surface area contributed by atoms with Gasteiger partial charge in [0, 0.05) is 5.56 Å². The lowest BCUT2D eigenvalue weighted by molar-refractivity contribution is -0.156. The lowest BCUT2D eigenvalue weighted by Gasteiger charge is -2.18. The van der Waals surface area contributed by atoms with Crippen molar-refractivity contribution in [3.8, 4) is 0 Å². The number of carbonyl (C=O) groups excluding carboxylic acids is 1. The van der Waals surface area contributed by atoms with Crippen molar-refractivity contribution in [2.75, 3.05) is 0 Å². The maximum absolute atomic E-state index is 13.4. The van der Waals surface area contributed by atoms with Crippen molar-refractivity contribution in [3.05, 3.63) is 35.6 Å². The smallest absolute Gasteiger partial charge is 0.338 e. The van der Waals surface area contributed by atoms with E-state index in [1.807, 2.05) is 0 Å². The second-order valence-electron chi connectivity index (χ2n) is 5.03. The standard InChI is InChI=1S/C13H15FO3/c1-13(2,3)17-12(15)11-10(16-11)8-6-4-5-7-9(8)14/h4-7,10-11H,1-3H3/t10-,11-/m1/s1. The Labute approximate surface area is 99.5 Å². The van der Waals surface area contributed by atoms with Crippen LogP contribution in [0.1, 0.15) is 32.4 Å². The largest absolute Gasteiger partial charge is 0.458 e. The highest BCUT2D eigenvalue weighted by Gasteiger charge is 2.49. The number of ether oxygens (including phenoxy) is 2. The molecule has 1 aromatic rings. The molecule has 0 spiro atoms. The van der Waals surface area contributed by atoms with Crippen molar-refractivity contribution in [1.82, 2.24) is 0 Å². The molecule has 0 amide bonds. The molecule has 0 radical (unpaired) electrons. The topological polar surface area (TPSA) is 38.8 Å². The van der Waals surface area contributed by atoms with Gasteiger partial charge in [-0.2, -0.15) is 0 Å². The number of hydrogen-bond acceptors (Lipinski definition) is 3. The quantitative estimate of drug-likeness (QED) is 0.587. The first-order chi connectivity index (χ1) is 7.88. The first-order valence-electron chi connectivity index (χ1n) is 5.51. The summed E-state index contributed by atoms with van der Waals surface area (Å²) in [6.45, 7) is 5.35. The van der Waals surface area contributed by atoms with Crippen LogP contribution in [-0.4, -0.2) is 17.7 Å². The lowest BCUT2D eigenvalue weighted by Crippen LogP contribution is -2.26. The van der Waals surface area contributed by atoms with Crippen LogP contribution in [0.2, 0.25) is 0 Å². The molecule has 0 N–H and O–H groups in total. The van der Waals surface area contributed by atoms with Gasteiger partial charge in [0.1, 0.15) is 17.5 Å². The average Bonchev–Trinajstić information content (AvgIpc) is 2.95. The van der Waals surface area contributed by atoms with Crippen molar-refractivity contribution in [2.45, 2.75) is 38.6 Å². The monoisotopic (exact) mass is 238 g/mol. The molecule has 0 aliphatic carbocycles. The summed E-state index contributed by atoms with van der Waals surface area (Å²) in [6, 6.07) is 6.28. The molecular formula is C13H15FO3. The number of hydrogen-bond donors (Lipinski definition) is 0. The van der Waals surface area contributed by atoms with Gasteiger partial charge in [0.15, 0.2) is 6.10 Å². The molecule has 2 rings (SSSR count). The third-order valence-corrected chi connectivity index (χ3v) is 2.34. The maximum Gasteiger partial charge on any atom is 0.338 e. The fourth-order valence-electron chi connectivity index (χ4n) is 1.59. The van der Waals surface area contributed by atoms with Crippen molar-refractivity contribution < 1.29 is 18.7 Å². The fraction of sp³-hybridized carbons (Fsp3) is 0.462. The molecular weight excluding hydrogens is 223 g/mol. The van der Waals surface area contributed by atoms with Gasteiger partial charge in [-0.15, -0.1) is 0 Å². The summed E-state index contributed by atoms with van der Waals surface area (Å²) in [5, 5.41) is 0. The van der Waals surface area contributed by atoms with Gasteiger partial charge in [-0.25, -0.2) is 9.18 Å². The SMILES string of the molecule is CC(C)(C)OC(=O)[C@@H]1O[C@@H]1c1ccccc1F. The number of esters is 1. The molecule has 1 aliphatic heterocycles. The Balaban J connectivity index is 2.02. The average molecular weight is 238 g/mol. The Morgan fingerprint density at radius 2 is 2.00 bits per heavy atom. The zero-order valence-electron chi connectivity index (χ0n) is 10.1. The van der Waals surface area contributed by atoms with E-state index < -0.39 is 23.8 Å². The minimum absolute atomic E-state index is 0.358. The van der Waals surface area contributed by atoms with Crippen LogP contribution in [0.15, 0.2) is 24.3 Å². The van der Waals surface area contributed by atoms with E-state index in [2.05, 4.69) is 0 Å². The van der Waals surface area contributed by atoms with E-state index in [4.69, 9.17) is 9.47 Å². The summed E-state index contributed by atoms with van der Waals surface area (Å²) in [5.74, 6) is -0.797. The van der Waals surface area contributed by atoms with E-state index in [9.17, 15) is 9.18 Å². The van der Waals surface area contributed by atoms with E-state index in [0.29, 0.717) is 5.56 Å². The molecule has 1 aromatic carbocycles. The normalized spacial score (nSPS) is 23.3. The minimum Gasteiger partial charge on any atom is -0.458 e. The Kier molecular flexibility index (Phi) is 2.91. The predicted octanol–water partition coefficient (Wildman–Crippen LogP) is 2.61. The molecule has 1 saturated heterocycles. The van der Waals surface area contributed by atoms with Gasteiger partial charge in [-0.3, -0.25) is 0 Å². The number of epoxide rings is 1. The first kappa shape index (κ1) is 12.0. The maximum atomic E-state index is 13.4. The molecule has 0 bridgehead atoms. The van der Waals surface area contributed by atoms with Gasteiger partial charge < -0.3 is 9.47 Å². The molecule has 17 heavy (non-hydrogen) atoms. The Morgan fingerprint density at radius 3 is 2.59 bits per heavy atom. The van der Waals surface area contributed by atoms with Crippen LogP contribution in [0.5, 0.6) is 0 Å². The summed E-state index contributed by atoms with van der Waals surface area (Å²) in [7, 11) is 0. The molecule has 2 atom stereocenters. The Morgan fingerprint density at radius 1 is 1.35 bits per heavy atom. The molecule has 4 heteroatoms. The van der Waals surface area contributed by atoms with Crippen molar-refractivity contribution in [1.29, 1.82) is 0 Å². The second kappa shape index (κ2) is 4.11. The fourth-order valence-corrected chi connectivity index (χ4v) is 1.59. The van der Waals surface area contributed by atoms with Gasteiger partial charge in [-0.1, -0.05) is 18.2 Å². The number of rotatable bonds is 2. The second-order valence-corrected chi connectivity index (χ2v) is 5.03. The van der Waals surface area contributed by atoms with E-state index in [0.717, 1.165) is 0 Å². The Bertz CT molecular complexity index is 437. The highest BCUT2D eigenvalue weighted by Crippen LogP contribution is 2.41. The number of halogens is 1. The van der Waals surface area contributed by atoms with Crippen LogP contribution in [0, 0.1) is 5.82 Å². The summed E-state index contributed by atoms with van der Waals surface area (Å²) in [6.07, 6.45) is -1.18. The van der Waals surface area contributed by atoms with Gasteiger partial charge in [0.2, 0.25) is 0 Å². The zero-order chi connectivity index (χ0) is 12.6. The van der Waals surface area contributed by atoms with Crippen LogP contribution in [0.25, 0.3) is 0 Å². The van der Waals surface area contributed by atoms with Crippen molar-refractivity contribution >= 4 is 5.97 Å². The predicted molar refractivity (Wildman–Crippen MR) is 59.9 cm³/mol. The van der Waals surface area contributed by atoms with Crippen LogP contribution >= 0.6 is 0 Å². The highest BCUT2D eigenvalue weighted by molar-refractivity contribution is 5.78. The molecule has 3 nitrogen and oxygen atoms in total. The molecule has 1 fully saturated rings. The third-order valence-electron chi connectivity index (χ3n) is 2.34. The van der Waals surface area contributed by atoms with E-state index in [-0.39, 0.29) is 5.82 Å². The van der Waals surface area contributed by atoms with E-state index in [1.165, 1.54) is 6.07 Å². The summed E-state index contributed by atoms with van der Waals surface area (Å²) in [4.78, 5) is 11.6. The van der Waals surface area contributed by atoms with Gasteiger partial charge >= 0.3 is 5.97 Å². The molecule has 1 heterocycles. The summed E-state index contributed by atoms with van der Waals surface area (Å²) in [5.41, 5.74) is -0.147. The highest BCUT2D eigenvalue weighted by atomic mass is 19.1. The minimum atomic E-state index is -0.675. The van der Waals surface area contributed by atoms with Gasteiger partial charge in [0.25, 0.3) is 0 Å². The molecule has 0 aromatic heterocycles. The summed E-state index contributed by atoms with van der Waals surface area (Å²) >= 11 is 0. The molecule has 0 unspecified atom stereocenters. The Hall–Kier alpha value is -1.42.